The fraction of sp³-hybridized carbons (Fsp3) is 1.00. The molecule has 0 aliphatic heterocycles. The van der Waals surface area contributed by atoms with Crippen molar-refractivity contribution in [3.63, 3.8) is 0 Å². The summed E-state index contributed by atoms with van der Waals surface area (Å²) in [5.41, 5.74) is 0. The molecule has 0 bridgehead atoms. The van der Waals surface area contributed by atoms with Gasteiger partial charge < -0.3 is 5.32 Å². The van der Waals surface area contributed by atoms with Gasteiger partial charge in [-0.25, -0.2) is 0 Å². The van der Waals surface area contributed by atoms with E-state index >= 15 is 0 Å². The van der Waals surface area contributed by atoms with Crippen LogP contribution in [0.1, 0.15) is 32.6 Å². The van der Waals surface area contributed by atoms with Gasteiger partial charge in [-0.1, -0.05) is 19.8 Å². The second kappa shape index (κ2) is 3.08. The normalized spacial score (nSPS) is 22.1. The van der Waals surface area contributed by atoms with Crippen molar-refractivity contribution in [2.75, 3.05) is 6.54 Å². The minimum atomic E-state index is 0.861. The molecule has 0 aromatic heterocycles. The van der Waals surface area contributed by atoms with Crippen molar-refractivity contribution in [3.05, 3.63) is 0 Å². The van der Waals surface area contributed by atoms with Crippen molar-refractivity contribution in [2.24, 2.45) is 0 Å². The summed E-state index contributed by atoms with van der Waals surface area (Å²) in [6.07, 6.45) is 5.71. The first-order chi connectivity index (χ1) is 3.93. The van der Waals surface area contributed by atoms with Crippen LogP contribution >= 0.6 is 0 Å². The Bertz CT molecular complexity index is 55.4. The predicted molar refractivity (Wildman–Crippen MR) is 35.9 cm³/mol. The van der Waals surface area contributed by atoms with Crippen molar-refractivity contribution >= 4 is 0 Å². The predicted octanol–water partition coefficient (Wildman–Crippen LogP) is 1.54. The average Bonchev–Trinajstić information content (AvgIpc) is 2.19. The average molecular weight is 113 g/mol. The molecule has 1 saturated carbocycles. The molecule has 1 N–H and O–H groups in total. The maximum Gasteiger partial charge on any atom is 0.00669 e. The maximum absolute atomic E-state index is 3.44. The Morgan fingerprint density at radius 3 is 2.50 bits per heavy atom. The van der Waals surface area contributed by atoms with Gasteiger partial charge in [-0.05, 0) is 19.4 Å². The highest BCUT2D eigenvalue weighted by Crippen LogP contribution is 2.16. The topological polar surface area (TPSA) is 12.0 Å². The van der Waals surface area contributed by atoms with Crippen LogP contribution in [0.3, 0.4) is 0 Å². The Morgan fingerprint density at radius 1 is 1.38 bits per heavy atom. The molecule has 0 unspecified atom stereocenters. The van der Waals surface area contributed by atoms with E-state index in [0.717, 1.165) is 12.6 Å². The zero-order chi connectivity index (χ0) is 5.82. The molecule has 0 saturated heterocycles. The van der Waals surface area contributed by atoms with Gasteiger partial charge in [-0.3, -0.25) is 0 Å². The van der Waals surface area contributed by atoms with Crippen LogP contribution in [-0.4, -0.2) is 12.6 Å². The summed E-state index contributed by atoms with van der Waals surface area (Å²) >= 11 is 0. The third kappa shape index (κ3) is 1.48. The Kier molecular flexibility index (Phi) is 2.34. The Hall–Kier alpha value is -0.0400. The molecule has 8 heavy (non-hydrogen) atoms. The molecule has 1 rings (SSSR count). The van der Waals surface area contributed by atoms with E-state index in [1.807, 2.05) is 0 Å². The zero-order valence-electron chi connectivity index (χ0n) is 5.61. The second-order valence-corrected chi connectivity index (χ2v) is 2.54. The number of rotatable bonds is 2. The third-order valence-corrected chi connectivity index (χ3v) is 1.85. The molecule has 0 radical (unpaired) electrons. The summed E-state index contributed by atoms with van der Waals surface area (Å²) in [7, 11) is 0. The highest BCUT2D eigenvalue weighted by molar-refractivity contribution is 4.72. The number of hydrogen-bond acceptors (Lipinski definition) is 1. The van der Waals surface area contributed by atoms with Crippen LogP contribution in [0.25, 0.3) is 0 Å². The van der Waals surface area contributed by atoms with Gasteiger partial charge in [0.25, 0.3) is 0 Å². The molecular formula is C7H15N. The molecule has 48 valence electrons. The summed E-state index contributed by atoms with van der Waals surface area (Å²) in [5.74, 6) is 0. The lowest BCUT2D eigenvalue weighted by Crippen LogP contribution is -2.24. The highest BCUT2D eigenvalue weighted by Gasteiger charge is 2.11. The van der Waals surface area contributed by atoms with Gasteiger partial charge in [0.05, 0.1) is 0 Å². The van der Waals surface area contributed by atoms with Crippen LogP contribution in [0, 0.1) is 0 Å². The van der Waals surface area contributed by atoms with E-state index in [4.69, 9.17) is 0 Å². The SMILES string of the molecule is CCNC1CCCC1. The molecule has 1 heteroatoms. The minimum Gasteiger partial charge on any atom is -0.314 e. The van der Waals surface area contributed by atoms with E-state index in [9.17, 15) is 0 Å². The molecule has 1 aliphatic rings. The zero-order valence-corrected chi connectivity index (χ0v) is 5.61. The largest absolute Gasteiger partial charge is 0.314 e. The molecule has 0 atom stereocenters. The van der Waals surface area contributed by atoms with Gasteiger partial charge in [0.15, 0.2) is 0 Å². The van der Waals surface area contributed by atoms with Crippen molar-refractivity contribution in [1.82, 2.24) is 5.32 Å². The highest BCUT2D eigenvalue weighted by atomic mass is 14.9. The first-order valence-corrected chi connectivity index (χ1v) is 3.67. The van der Waals surface area contributed by atoms with Crippen LogP contribution < -0.4 is 5.32 Å². The molecule has 0 aromatic carbocycles. The lowest BCUT2D eigenvalue weighted by molar-refractivity contribution is 0.542. The first-order valence-electron chi connectivity index (χ1n) is 3.67. The van der Waals surface area contributed by atoms with Crippen LogP contribution in [0.4, 0.5) is 0 Å². The summed E-state index contributed by atoms with van der Waals surface area (Å²) < 4.78 is 0. The van der Waals surface area contributed by atoms with Crippen molar-refractivity contribution < 1.29 is 0 Å². The fourth-order valence-electron chi connectivity index (χ4n) is 1.42. The Morgan fingerprint density at radius 2 is 2.00 bits per heavy atom. The lowest BCUT2D eigenvalue weighted by atomic mass is 10.2. The molecule has 1 aliphatic carbocycles. The monoisotopic (exact) mass is 113 g/mol. The van der Waals surface area contributed by atoms with E-state index < -0.39 is 0 Å². The number of nitrogens with one attached hydrogen (secondary N) is 1. The first kappa shape index (κ1) is 6.09. The molecule has 1 nitrogen and oxygen atoms in total. The molecule has 0 heterocycles. The third-order valence-electron chi connectivity index (χ3n) is 1.85. The molecule has 0 spiro atoms. The standard InChI is InChI=1S/C7H15N/c1-2-8-7-5-3-4-6-7/h7-8H,2-6H2,1H3. The summed E-state index contributed by atoms with van der Waals surface area (Å²) in [6, 6.07) is 0.861. The summed E-state index contributed by atoms with van der Waals surface area (Å²) in [4.78, 5) is 0. The Balaban J connectivity index is 2.06. The van der Waals surface area contributed by atoms with Crippen LogP contribution in [0.5, 0.6) is 0 Å². The van der Waals surface area contributed by atoms with Crippen molar-refractivity contribution in [1.29, 1.82) is 0 Å². The quantitative estimate of drug-likeness (QED) is 0.572. The maximum atomic E-state index is 3.44. The van der Waals surface area contributed by atoms with Crippen LogP contribution in [0.2, 0.25) is 0 Å². The molecule has 0 amide bonds. The lowest BCUT2D eigenvalue weighted by Gasteiger charge is -2.07. The van der Waals surface area contributed by atoms with Gasteiger partial charge >= 0.3 is 0 Å². The van der Waals surface area contributed by atoms with Gasteiger partial charge in [-0.2, -0.15) is 0 Å². The van der Waals surface area contributed by atoms with Crippen molar-refractivity contribution in [3.8, 4) is 0 Å². The second-order valence-electron chi connectivity index (χ2n) is 2.54. The van der Waals surface area contributed by atoms with E-state index in [1.165, 1.54) is 25.7 Å². The number of hydrogen-bond donors (Lipinski definition) is 1. The molecule has 1 fully saturated rings. The Labute approximate surface area is 51.5 Å². The van der Waals surface area contributed by atoms with E-state index in [2.05, 4.69) is 12.2 Å². The van der Waals surface area contributed by atoms with Crippen molar-refractivity contribution in [2.45, 2.75) is 38.6 Å². The fourth-order valence-corrected chi connectivity index (χ4v) is 1.42. The minimum absolute atomic E-state index is 0.861. The van der Waals surface area contributed by atoms with Gasteiger partial charge in [0.2, 0.25) is 0 Å². The summed E-state index contributed by atoms with van der Waals surface area (Å²) in [5, 5.41) is 3.44. The van der Waals surface area contributed by atoms with Crippen LogP contribution in [-0.2, 0) is 0 Å². The van der Waals surface area contributed by atoms with Gasteiger partial charge in [-0.15, -0.1) is 0 Å². The molecular weight excluding hydrogens is 98.1 g/mol. The molecule has 0 aromatic rings. The summed E-state index contributed by atoms with van der Waals surface area (Å²) in [6.45, 7) is 3.32. The van der Waals surface area contributed by atoms with E-state index in [1.54, 1.807) is 0 Å². The van der Waals surface area contributed by atoms with Crippen LogP contribution in [0.15, 0.2) is 0 Å². The van der Waals surface area contributed by atoms with E-state index in [0.29, 0.717) is 0 Å². The van der Waals surface area contributed by atoms with Gasteiger partial charge in [0, 0.05) is 6.04 Å². The van der Waals surface area contributed by atoms with E-state index in [-0.39, 0.29) is 0 Å². The van der Waals surface area contributed by atoms with Gasteiger partial charge in [0.1, 0.15) is 0 Å². The smallest absolute Gasteiger partial charge is 0.00669 e.